The smallest absolute Gasteiger partial charge is 0.164 e. The minimum atomic E-state index is -0.194. The Labute approximate surface area is 370 Å². The molecule has 60 heavy (non-hydrogen) atoms. The van der Waals surface area contributed by atoms with Gasteiger partial charge in [-0.1, -0.05) is 116 Å². The standard InChI is InChI=1S/C21H15FN.C19H16N.C14H26O2.Ir/c1-13-10-14(2)12-15(11-13)21-19-7-6-18-16(4-3-5-20(18)22)17(19)8-9-23-21;1-14-10-15(2)12-18(11-14)19-13-17(8-9-20-19)16-6-4-3-5-7-16;1-6-11(7-2)13(15)10(5)14(16)12(8-3)9-4;/h3-11H,1-2H3;3-11,13H,1-2H3;11-12,15H,6-9H2,1-5H3;/q2*-1;;/b;;13-10-;. The number of aryl methyl sites for hydroxylation is 4. The van der Waals surface area contributed by atoms with E-state index < -0.39 is 0 Å². The number of aromatic nitrogens is 2. The molecule has 1 N–H and O–H groups in total. The van der Waals surface area contributed by atoms with Crippen LogP contribution in [0, 0.1) is 57.5 Å². The fourth-order valence-electron chi connectivity index (χ4n) is 7.72. The second-order valence-corrected chi connectivity index (χ2v) is 15.4. The Morgan fingerprint density at radius 2 is 1.18 bits per heavy atom. The Balaban J connectivity index is 0.000000201. The molecule has 0 fully saturated rings. The van der Waals surface area contributed by atoms with E-state index in [0.717, 1.165) is 75.5 Å². The molecule has 0 aliphatic rings. The number of aliphatic hydroxyl groups excluding tert-OH is 1. The summed E-state index contributed by atoms with van der Waals surface area (Å²) in [5, 5.41) is 13.6. The van der Waals surface area contributed by atoms with E-state index in [0.29, 0.717) is 16.7 Å². The van der Waals surface area contributed by atoms with E-state index in [9.17, 15) is 14.3 Å². The van der Waals surface area contributed by atoms with Crippen molar-refractivity contribution in [3.63, 3.8) is 0 Å². The SMILES string of the molecule is CCC(CC)C(=O)/C(C)=C(\O)C(CC)CC.Cc1[c-]c(-c2cc(-c3ccccc3)ccn2)cc(C)c1.Cc1[c-]c(-c2nccc3c2ccc2c(F)cccc23)cc(C)c1.[Ir]. The number of halogens is 1. The van der Waals surface area contributed by atoms with E-state index in [2.05, 4.69) is 97.5 Å². The van der Waals surface area contributed by atoms with E-state index in [1.54, 1.807) is 19.2 Å². The van der Waals surface area contributed by atoms with Crippen LogP contribution in [0.2, 0.25) is 0 Å². The van der Waals surface area contributed by atoms with Crippen LogP contribution in [-0.2, 0) is 24.9 Å². The van der Waals surface area contributed by atoms with Crippen molar-refractivity contribution in [2.75, 3.05) is 0 Å². The fourth-order valence-corrected chi connectivity index (χ4v) is 7.72. The van der Waals surface area contributed by atoms with Gasteiger partial charge in [-0.15, -0.1) is 69.8 Å². The van der Waals surface area contributed by atoms with Crippen LogP contribution in [0.1, 0.15) is 82.6 Å². The van der Waals surface area contributed by atoms with Crippen LogP contribution < -0.4 is 0 Å². The van der Waals surface area contributed by atoms with Crippen LogP contribution in [0.25, 0.3) is 55.2 Å². The number of benzene rings is 5. The molecule has 0 amide bonds. The minimum absolute atomic E-state index is 0. The number of carbonyl (C=O) groups is 1. The van der Waals surface area contributed by atoms with Crippen molar-refractivity contribution in [2.45, 2.75) is 88.0 Å². The van der Waals surface area contributed by atoms with Gasteiger partial charge < -0.3 is 15.1 Å². The molecule has 7 rings (SSSR count). The fraction of sp³-hybridized carbons (Fsp3) is 0.278. The number of rotatable bonds is 10. The van der Waals surface area contributed by atoms with E-state index in [-0.39, 0.29) is 43.5 Å². The molecule has 5 aromatic carbocycles. The van der Waals surface area contributed by atoms with Gasteiger partial charge in [0.1, 0.15) is 11.6 Å². The van der Waals surface area contributed by atoms with Crippen molar-refractivity contribution < 1.29 is 34.4 Å². The molecular weight excluding hydrogens is 920 g/mol. The molecule has 7 aromatic rings. The van der Waals surface area contributed by atoms with Crippen LogP contribution in [-0.4, -0.2) is 20.9 Å². The Morgan fingerprint density at radius 1 is 0.617 bits per heavy atom. The van der Waals surface area contributed by atoms with Crippen molar-refractivity contribution >= 4 is 27.3 Å². The monoisotopic (exact) mass is 977 g/mol. The van der Waals surface area contributed by atoms with Crippen molar-refractivity contribution in [3.8, 4) is 33.6 Å². The maximum absolute atomic E-state index is 14.0. The molecule has 313 valence electrons. The molecule has 0 aliphatic heterocycles. The van der Waals surface area contributed by atoms with Gasteiger partial charge in [0.15, 0.2) is 5.78 Å². The van der Waals surface area contributed by atoms with Crippen molar-refractivity contribution in [1.82, 2.24) is 9.97 Å². The molecule has 0 spiro atoms. The Bertz CT molecular complexity index is 2520. The third-order valence-electron chi connectivity index (χ3n) is 10.9. The summed E-state index contributed by atoms with van der Waals surface area (Å²) in [6.07, 6.45) is 7.12. The van der Waals surface area contributed by atoms with Gasteiger partial charge in [-0.2, -0.15) is 0 Å². The maximum Gasteiger partial charge on any atom is 0.164 e. The average molecular weight is 977 g/mol. The summed E-state index contributed by atoms with van der Waals surface area (Å²) in [7, 11) is 0. The second kappa shape index (κ2) is 22.4. The number of hydrogen-bond donors (Lipinski definition) is 1. The Morgan fingerprint density at radius 3 is 1.80 bits per heavy atom. The molecule has 0 saturated heterocycles. The topological polar surface area (TPSA) is 63.1 Å². The van der Waals surface area contributed by atoms with Crippen molar-refractivity contribution in [1.29, 1.82) is 0 Å². The number of nitrogens with zero attached hydrogens (tertiary/aromatic N) is 2. The third kappa shape index (κ3) is 11.7. The first kappa shape index (κ1) is 47.4. The summed E-state index contributed by atoms with van der Waals surface area (Å²) < 4.78 is 14.0. The number of carbonyl (C=O) groups excluding carboxylic acids is 1. The summed E-state index contributed by atoms with van der Waals surface area (Å²) in [5.41, 5.74) is 11.5. The average Bonchev–Trinajstić information content (AvgIpc) is 3.24. The molecule has 2 heterocycles. The van der Waals surface area contributed by atoms with Crippen LogP contribution in [0.15, 0.2) is 127 Å². The molecular formula is C54H57FIrN2O2-2. The molecule has 0 aliphatic carbocycles. The summed E-state index contributed by atoms with van der Waals surface area (Å²) >= 11 is 0. The number of aliphatic hydroxyl groups is 1. The Kier molecular flexibility index (Phi) is 17.7. The van der Waals surface area contributed by atoms with Crippen molar-refractivity contribution in [2.24, 2.45) is 11.8 Å². The number of Topliss-reactive ketones (excluding diaryl/α,β-unsaturated/α-hetero) is 1. The van der Waals surface area contributed by atoms with E-state index in [1.165, 1.54) is 28.3 Å². The largest absolute Gasteiger partial charge is 0.512 e. The van der Waals surface area contributed by atoms with Crippen LogP contribution in [0.4, 0.5) is 4.39 Å². The first-order valence-electron chi connectivity index (χ1n) is 20.8. The number of pyridine rings is 2. The van der Waals surface area contributed by atoms with Gasteiger partial charge in [-0.3, -0.25) is 4.79 Å². The van der Waals surface area contributed by atoms with Crippen molar-refractivity contribution in [3.05, 3.63) is 167 Å². The third-order valence-corrected chi connectivity index (χ3v) is 10.9. The quantitative estimate of drug-likeness (QED) is 0.0642. The van der Waals surface area contributed by atoms with Crippen LogP contribution in [0.3, 0.4) is 0 Å². The molecule has 1 radical (unpaired) electrons. The van der Waals surface area contributed by atoms with Gasteiger partial charge in [0, 0.05) is 55.3 Å². The second-order valence-electron chi connectivity index (χ2n) is 15.4. The molecule has 0 unspecified atom stereocenters. The number of fused-ring (bicyclic) bond motifs is 3. The van der Waals surface area contributed by atoms with E-state index >= 15 is 0 Å². The van der Waals surface area contributed by atoms with Crippen LogP contribution in [0.5, 0.6) is 0 Å². The summed E-state index contributed by atoms with van der Waals surface area (Å²) in [5.74, 6) is 0.437. The van der Waals surface area contributed by atoms with E-state index in [4.69, 9.17) is 0 Å². The molecule has 4 nitrogen and oxygen atoms in total. The summed E-state index contributed by atoms with van der Waals surface area (Å²) in [6, 6.07) is 40.7. The van der Waals surface area contributed by atoms with Gasteiger partial charge in [0.05, 0.1) is 0 Å². The first-order valence-corrected chi connectivity index (χ1v) is 20.8. The zero-order chi connectivity index (χ0) is 42.6. The first-order chi connectivity index (χ1) is 28.4. The summed E-state index contributed by atoms with van der Waals surface area (Å²) in [4.78, 5) is 21.1. The van der Waals surface area contributed by atoms with Crippen LogP contribution >= 0.6 is 0 Å². The molecule has 0 atom stereocenters. The molecule has 6 heteroatoms. The van der Waals surface area contributed by atoms with Gasteiger partial charge in [-0.05, 0) is 89.5 Å². The molecule has 0 bridgehead atoms. The molecule has 0 saturated carbocycles. The number of allylic oxidation sites excluding steroid dienone is 2. The zero-order valence-corrected chi connectivity index (χ0v) is 38.8. The molecule has 2 aromatic heterocycles. The maximum atomic E-state index is 14.0. The normalized spacial score (nSPS) is 11.3. The van der Waals surface area contributed by atoms with Gasteiger partial charge in [-0.25, -0.2) is 4.39 Å². The zero-order valence-electron chi connectivity index (χ0n) is 36.4. The predicted molar refractivity (Wildman–Crippen MR) is 245 cm³/mol. The van der Waals surface area contributed by atoms with Gasteiger partial charge in [0.2, 0.25) is 0 Å². The van der Waals surface area contributed by atoms with Gasteiger partial charge >= 0.3 is 0 Å². The predicted octanol–water partition coefficient (Wildman–Crippen LogP) is 14.7. The van der Waals surface area contributed by atoms with E-state index in [1.807, 2.05) is 77.2 Å². The van der Waals surface area contributed by atoms with Gasteiger partial charge in [0.25, 0.3) is 0 Å². The summed E-state index contributed by atoms with van der Waals surface area (Å²) in [6.45, 7) is 18.2. The minimum Gasteiger partial charge on any atom is -0.512 e. The Hall–Kier alpha value is -5.29. The number of hydrogen-bond acceptors (Lipinski definition) is 4. The number of ketones is 1.